The lowest BCUT2D eigenvalue weighted by atomic mass is 10.0. The highest BCUT2D eigenvalue weighted by molar-refractivity contribution is 5.73. The molecule has 0 aliphatic heterocycles. The van der Waals surface area contributed by atoms with E-state index in [-0.39, 0.29) is 11.6 Å². The summed E-state index contributed by atoms with van der Waals surface area (Å²) in [6.07, 6.45) is 5.89. The van der Waals surface area contributed by atoms with Gasteiger partial charge in [-0.3, -0.25) is 14.6 Å². The van der Waals surface area contributed by atoms with Crippen LogP contribution < -0.4 is 5.56 Å². The first kappa shape index (κ1) is 17.7. The zero-order chi connectivity index (χ0) is 19.8. The van der Waals surface area contributed by atoms with Crippen LogP contribution in [0.4, 0.5) is 0 Å². The average Bonchev–Trinajstić information content (AvgIpc) is 3.35. The van der Waals surface area contributed by atoms with Crippen molar-refractivity contribution in [2.75, 3.05) is 0 Å². The first-order valence-corrected chi connectivity index (χ1v) is 9.21. The van der Waals surface area contributed by atoms with E-state index in [2.05, 4.69) is 35.1 Å². The molecule has 0 atom stereocenters. The van der Waals surface area contributed by atoms with E-state index in [4.69, 9.17) is 0 Å². The summed E-state index contributed by atoms with van der Waals surface area (Å²) >= 11 is 0. The summed E-state index contributed by atoms with van der Waals surface area (Å²) < 4.78 is 3.24. The predicted octanol–water partition coefficient (Wildman–Crippen LogP) is 3.57. The van der Waals surface area contributed by atoms with Crippen LogP contribution in [0.2, 0.25) is 0 Å². The number of aromatic nitrogens is 5. The summed E-state index contributed by atoms with van der Waals surface area (Å²) in [5, 5.41) is 16.5. The molecule has 0 spiro atoms. The van der Waals surface area contributed by atoms with Gasteiger partial charge in [0.15, 0.2) is 5.65 Å². The fourth-order valence-corrected chi connectivity index (χ4v) is 3.31. The van der Waals surface area contributed by atoms with Gasteiger partial charge < -0.3 is 0 Å². The fourth-order valence-electron chi connectivity index (χ4n) is 3.31. The quantitative estimate of drug-likeness (QED) is 0.593. The molecule has 0 saturated heterocycles. The summed E-state index contributed by atoms with van der Waals surface area (Å²) in [6.45, 7) is 6.09. The second kappa shape index (κ2) is 6.82. The first-order chi connectivity index (χ1) is 13.5. The van der Waals surface area contributed by atoms with Gasteiger partial charge in [0, 0.05) is 35.1 Å². The third-order valence-electron chi connectivity index (χ3n) is 4.83. The molecule has 140 valence electrons. The summed E-state index contributed by atoms with van der Waals surface area (Å²) in [7, 11) is 0. The molecule has 4 rings (SSSR count). The van der Waals surface area contributed by atoms with Crippen molar-refractivity contribution in [3.8, 4) is 28.5 Å². The number of nitrogens with one attached hydrogen (secondary N) is 1. The van der Waals surface area contributed by atoms with Crippen LogP contribution in [-0.4, -0.2) is 24.4 Å². The molecule has 3 heterocycles. The Morgan fingerprint density at radius 1 is 1.25 bits per heavy atom. The highest BCUT2D eigenvalue weighted by Crippen LogP contribution is 2.27. The minimum absolute atomic E-state index is 0.179. The standard InChI is InChI=1S/C21H20N6O/c1-4-18-19(25-20-16(9-22)10-24-27(20)21(18)28)15-7-5-6-14(8-15)17-11-23-26(12-17)13(2)3/h5-8,10-13,24H,4H2,1-3H3. The third-order valence-corrected chi connectivity index (χ3v) is 4.83. The minimum Gasteiger partial charge on any atom is -0.295 e. The summed E-state index contributed by atoms with van der Waals surface area (Å²) in [5.74, 6) is 0. The number of nitriles is 1. The van der Waals surface area contributed by atoms with E-state index in [0.717, 1.165) is 16.7 Å². The average molecular weight is 372 g/mol. The van der Waals surface area contributed by atoms with Gasteiger partial charge in [-0.25, -0.2) is 9.50 Å². The maximum absolute atomic E-state index is 12.9. The van der Waals surface area contributed by atoms with Gasteiger partial charge in [0.25, 0.3) is 5.56 Å². The summed E-state index contributed by atoms with van der Waals surface area (Å²) in [6, 6.07) is 10.3. The molecule has 1 aromatic carbocycles. The number of rotatable bonds is 4. The van der Waals surface area contributed by atoms with Crippen molar-refractivity contribution in [3.63, 3.8) is 0 Å². The Hall–Kier alpha value is -3.66. The van der Waals surface area contributed by atoms with Crippen LogP contribution in [0, 0.1) is 11.3 Å². The fraction of sp³-hybridized carbons (Fsp3) is 0.238. The molecule has 3 aromatic heterocycles. The largest absolute Gasteiger partial charge is 0.295 e. The molecular formula is C21H20N6O. The zero-order valence-corrected chi connectivity index (χ0v) is 16.0. The van der Waals surface area contributed by atoms with Crippen LogP contribution >= 0.6 is 0 Å². The molecule has 7 nitrogen and oxygen atoms in total. The normalized spacial score (nSPS) is 11.2. The van der Waals surface area contributed by atoms with Gasteiger partial charge in [-0.05, 0) is 31.9 Å². The van der Waals surface area contributed by atoms with Crippen LogP contribution in [0.3, 0.4) is 0 Å². The highest BCUT2D eigenvalue weighted by atomic mass is 16.1. The molecule has 0 aliphatic carbocycles. The Labute approximate surface area is 161 Å². The summed E-state index contributed by atoms with van der Waals surface area (Å²) in [4.78, 5) is 17.5. The monoisotopic (exact) mass is 372 g/mol. The highest BCUT2D eigenvalue weighted by Gasteiger charge is 2.17. The zero-order valence-electron chi connectivity index (χ0n) is 16.0. The SMILES string of the molecule is CCc1c(-c2cccc(-c3cnn(C(C)C)c3)c2)nc2c(C#N)c[nH]n2c1=O. The lowest BCUT2D eigenvalue weighted by Gasteiger charge is -2.09. The topological polar surface area (TPSA) is 91.8 Å². The molecule has 7 heteroatoms. The molecule has 0 fully saturated rings. The van der Waals surface area contributed by atoms with Crippen LogP contribution in [0.1, 0.15) is 37.9 Å². The van der Waals surface area contributed by atoms with E-state index in [1.807, 2.05) is 48.3 Å². The van der Waals surface area contributed by atoms with Crippen molar-refractivity contribution in [3.05, 3.63) is 64.3 Å². The molecular weight excluding hydrogens is 352 g/mol. The Bertz CT molecular complexity index is 1270. The van der Waals surface area contributed by atoms with Gasteiger partial charge >= 0.3 is 0 Å². The number of aromatic amines is 1. The van der Waals surface area contributed by atoms with E-state index in [9.17, 15) is 10.1 Å². The number of H-pyrrole nitrogens is 1. The Morgan fingerprint density at radius 3 is 2.71 bits per heavy atom. The van der Waals surface area contributed by atoms with E-state index in [0.29, 0.717) is 28.9 Å². The number of benzene rings is 1. The van der Waals surface area contributed by atoms with Crippen LogP contribution in [0.25, 0.3) is 28.0 Å². The van der Waals surface area contributed by atoms with Crippen LogP contribution in [-0.2, 0) is 6.42 Å². The first-order valence-electron chi connectivity index (χ1n) is 9.21. The molecule has 0 bridgehead atoms. The van der Waals surface area contributed by atoms with Gasteiger partial charge in [-0.15, -0.1) is 0 Å². The van der Waals surface area contributed by atoms with Crippen molar-refractivity contribution in [1.82, 2.24) is 24.4 Å². The van der Waals surface area contributed by atoms with Crippen molar-refractivity contribution in [2.24, 2.45) is 0 Å². The second-order valence-electron chi connectivity index (χ2n) is 6.94. The van der Waals surface area contributed by atoms with E-state index < -0.39 is 0 Å². The predicted molar refractivity (Wildman–Crippen MR) is 107 cm³/mol. The Morgan fingerprint density at radius 2 is 2.04 bits per heavy atom. The molecule has 0 amide bonds. The lowest BCUT2D eigenvalue weighted by molar-refractivity contribution is 0.532. The van der Waals surface area contributed by atoms with Crippen molar-refractivity contribution in [2.45, 2.75) is 33.2 Å². The van der Waals surface area contributed by atoms with Crippen molar-refractivity contribution < 1.29 is 0 Å². The number of fused-ring (bicyclic) bond motifs is 1. The van der Waals surface area contributed by atoms with E-state index in [1.165, 1.54) is 10.7 Å². The van der Waals surface area contributed by atoms with E-state index >= 15 is 0 Å². The Kier molecular flexibility index (Phi) is 4.32. The van der Waals surface area contributed by atoms with Gasteiger partial charge in [0.1, 0.15) is 11.6 Å². The minimum atomic E-state index is -0.179. The number of nitrogens with zero attached hydrogens (tertiary/aromatic N) is 5. The van der Waals surface area contributed by atoms with Crippen molar-refractivity contribution in [1.29, 1.82) is 5.26 Å². The van der Waals surface area contributed by atoms with E-state index in [1.54, 1.807) is 0 Å². The van der Waals surface area contributed by atoms with Gasteiger partial charge in [-0.1, -0.05) is 25.1 Å². The van der Waals surface area contributed by atoms with Crippen LogP contribution in [0.5, 0.6) is 0 Å². The smallest absolute Gasteiger partial charge is 0.276 e. The van der Waals surface area contributed by atoms with Gasteiger partial charge in [-0.2, -0.15) is 10.4 Å². The maximum atomic E-state index is 12.9. The Balaban J connectivity index is 1.90. The third kappa shape index (κ3) is 2.79. The number of hydrogen-bond acceptors (Lipinski definition) is 4. The number of hydrogen-bond donors (Lipinski definition) is 1. The van der Waals surface area contributed by atoms with Gasteiger partial charge in [0.2, 0.25) is 0 Å². The lowest BCUT2D eigenvalue weighted by Crippen LogP contribution is -2.21. The van der Waals surface area contributed by atoms with Crippen LogP contribution in [0.15, 0.2) is 47.7 Å². The van der Waals surface area contributed by atoms with Gasteiger partial charge in [0.05, 0.1) is 11.9 Å². The molecule has 1 N–H and O–H groups in total. The molecule has 4 aromatic rings. The molecule has 0 aliphatic rings. The molecule has 0 unspecified atom stereocenters. The molecule has 28 heavy (non-hydrogen) atoms. The molecule has 0 saturated carbocycles. The maximum Gasteiger partial charge on any atom is 0.276 e. The second-order valence-corrected chi connectivity index (χ2v) is 6.94. The molecule has 0 radical (unpaired) electrons. The van der Waals surface area contributed by atoms with Crippen molar-refractivity contribution >= 4 is 5.65 Å². The summed E-state index contributed by atoms with van der Waals surface area (Å²) in [5.41, 5.74) is 4.58.